The second kappa shape index (κ2) is 12.9. The number of amides is 1. The molecule has 0 aliphatic heterocycles. The summed E-state index contributed by atoms with van der Waals surface area (Å²) in [6.45, 7) is 14.7. The smallest absolute Gasteiger partial charge is 0.410 e. The van der Waals surface area contributed by atoms with Gasteiger partial charge in [0.1, 0.15) is 11.2 Å². The normalized spacial score (nSPS) is 12.0. The summed E-state index contributed by atoms with van der Waals surface area (Å²) in [7, 11) is 1.71. The highest BCUT2D eigenvalue weighted by atomic mass is 16.6. The number of nitrogens with zero attached hydrogens (tertiary/aromatic N) is 1. The third-order valence-electron chi connectivity index (χ3n) is 2.99. The van der Waals surface area contributed by atoms with Crippen LogP contribution >= 0.6 is 0 Å². The molecule has 0 saturated carbocycles. The summed E-state index contributed by atoms with van der Waals surface area (Å²) in [5.74, 6) is -0.260. The number of rotatable bonds is 12. The predicted octanol–water partition coefficient (Wildman–Crippen LogP) is 2.21. The number of carbonyl (C=O) groups excluding carboxylic acids is 2. The third kappa shape index (κ3) is 17.8. The van der Waals surface area contributed by atoms with E-state index in [2.05, 4.69) is 5.32 Å². The second-order valence-electron chi connectivity index (χ2n) is 8.21. The van der Waals surface area contributed by atoms with Gasteiger partial charge < -0.3 is 29.2 Å². The van der Waals surface area contributed by atoms with Gasteiger partial charge >= 0.3 is 12.1 Å². The summed E-state index contributed by atoms with van der Waals surface area (Å²) in [6, 6.07) is 0. The Hall–Kier alpha value is -1.38. The van der Waals surface area contributed by atoms with E-state index in [4.69, 9.17) is 18.9 Å². The largest absolute Gasteiger partial charge is 0.460 e. The van der Waals surface area contributed by atoms with Crippen LogP contribution in [0.3, 0.4) is 0 Å². The van der Waals surface area contributed by atoms with Crippen molar-refractivity contribution in [2.24, 2.45) is 0 Å². The maximum absolute atomic E-state index is 11.8. The zero-order chi connectivity index (χ0) is 20.9. The predicted molar refractivity (Wildman–Crippen MR) is 104 cm³/mol. The first-order valence-electron chi connectivity index (χ1n) is 9.43. The molecule has 0 spiro atoms. The van der Waals surface area contributed by atoms with Gasteiger partial charge in [-0.1, -0.05) is 0 Å². The van der Waals surface area contributed by atoms with Gasteiger partial charge in [-0.3, -0.25) is 4.79 Å². The lowest BCUT2D eigenvalue weighted by molar-refractivity contribution is -0.156. The molecule has 1 amide bonds. The van der Waals surface area contributed by atoms with E-state index in [9.17, 15) is 9.59 Å². The average Bonchev–Trinajstić information content (AvgIpc) is 2.48. The molecule has 0 aliphatic carbocycles. The fraction of sp³-hybridized carbons (Fsp3) is 0.895. The molecule has 0 rings (SSSR count). The SMILES string of the molecule is CN(CCNCCOCCOCCC(=O)OC(C)(C)C)C(=O)OC(C)(C)C. The lowest BCUT2D eigenvalue weighted by atomic mass is 10.2. The Morgan fingerprint density at radius 1 is 0.815 bits per heavy atom. The number of esters is 1. The topological polar surface area (TPSA) is 86.3 Å². The Kier molecular flexibility index (Phi) is 12.2. The first-order chi connectivity index (χ1) is 12.4. The number of hydrogen-bond acceptors (Lipinski definition) is 7. The molecule has 160 valence electrons. The van der Waals surface area contributed by atoms with Crippen LogP contribution in [0.2, 0.25) is 0 Å². The van der Waals surface area contributed by atoms with E-state index in [1.54, 1.807) is 7.05 Å². The molecular weight excluding hydrogens is 352 g/mol. The zero-order valence-corrected chi connectivity index (χ0v) is 18.1. The highest BCUT2D eigenvalue weighted by molar-refractivity contribution is 5.69. The van der Waals surface area contributed by atoms with Crippen molar-refractivity contribution in [3.8, 4) is 0 Å². The second-order valence-corrected chi connectivity index (χ2v) is 8.21. The van der Waals surface area contributed by atoms with Crippen molar-refractivity contribution in [2.45, 2.75) is 59.2 Å². The fourth-order valence-corrected chi connectivity index (χ4v) is 1.82. The van der Waals surface area contributed by atoms with Crippen LogP contribution in [0.5, 0.6) is 0 Å². The van der Waals surface area contributed by atoms with Gasteiger partial charge in [0.2, 0.25) is 0 Å². The van der Waals surface area contributed by atoms with E-state index >= 15 is 0 Å². The Balaban J connectivity index is 3.46. The van der Waals surface area contributed by atoms with E-state index in [1.165, 1.54) is 4.90 Å². The Labute approximate surface area is 163 Å². The van der Waals surface area contributed by atoms with Crippen LogP contribution in [0.25, 0.3) is 0 Å². The molecule has 27 heavy (non-hydrogen) atoms. The molecule has 0 saturated heterocycles. The standard InChI is InChI=1S/C19H38N2O6/c1-18(2,3)26-16(22)8-12-24-14-15-25-13-10-20-9-11-21(7)17(23)27-19(4,5)6/h20H,8-15H2,1-7H3. The minimum absolute atomic E-state index is 0.240. The number of likely N-dealkylation sites (N-methyl/N-ethyl adjacent to an activating group) is 1. The van der Waals surface area contributed by atoms with E-state index in [1.807, 2.05) is 41.5 Å². The Morgan fingerprint density at radius 3 is 1.93 bits per heavy atom. The quantitative estimate of drug-likeness (QED) is 0.404. The molecule has 0 aromatic heterocycles. The molecular formula is C19H38N2O6. The number of carbonyl (C=O) groups is 2. The van der Waals surface area contributed by atoms with Gasteiger partial charge in [0.25, 0.3) is 0 Å². The van der Waals surface area contributed by atoms with E-state index < -0.39 is 11.2 Å². The van der Waals surface area contributed by atoms with Crippen LogP contribution in [0.1, 0.15) is 48.0 Å². The van der Waals surface area contributed by atoms with Crippen molar-refractivity contribution in [1.82, 2.24) is 10.2 Å². The molecule has 8 heteroatoms. The first-order valence-corrected chi connectivity index (χ1v) is 9.43. The number of ether oxygens (including phenoxy) is 4. The van der Waals surface area contributed by atoms with Crippen LogP contribution in [-0.2, 0) is 23.7 Å². The molecule has 0 aliphatic rings. The number of hydrogen-bond donors (Lipinski definition) is 1. The van der Waals surface area contributed by atoms with Crippen molar-refractivity contribution >= 4 is 12.1 Å². The Bertz CT molecular complexity index is 429. The van der Waals surface area contributed by atoms with Crippen LogP contribution in [-0.4, -0.2) is 81.3 Å². The van der Waals surface area contributed by atoms with Gasteiger partial charge in [0.15, 0.2) is 0 Å². The van der Waals surface area contributed by atoms with Crippen LogP contribution in [0.15, 0.2) is 0 Å². The zero-order valence-electron chi connectivity index (χ0n) is 18.1. The average molecular weight is 391 g/mol. The Morgan fingerprint density at radius 2 is 1.37 bits per heavy atom. The number of nitrogens with one attached hydrogen (secondary N) is 1. The van der Waals surface area contributed by atoms with E-state index in [0.29, 0.717) is 46.1 Å². The summed E-state index contributed by atoms with van der Waals surface area (Å²) < 4.78 is 21.2. The van der Waals surface area contributed by atoms with Crippen LogP contribution in [0, 0.1) is 0 Å². The summed E-state index contributed by atoms with van der Waals surface area (Å²) >= 11 is 0. The summed E-state index contributed by atoms with van der Waals surface area (Å²) in [5.41, 5.74) is -0.948. The van der Waals surface area contributed by atoms with Crippen molar-refractivity contribution in [3.63, 3.8) is 0 Å². The molecule has 0 fully saturated rings. The first kappa shape index (κ1) is 25.6. The fourth-order valence-electron chi connectivity index (χ4n) is 1.82. The van der Waals surface area contributed by atoms with Gasteiger partial charge in [0.05, 0.1) is 32.8 Å². The van der Waals surface area contributed by atoms with Crippen LogP contribution < -0.4 is 5.32 Å². The lowest BCUT2D eigenvalue weighted by Gasteiger charge is -2.24. The maximum Gasteiger partial charge on any atom is 0.410 e. The highest BCUT2D eigenvalue weighted by Crippen LogP contribution is 2.09. The van der Waals surface area contributed by atoms with Gasteiger partial charge in [-0.25, -0.2) is 4.79 Å². The molecule has 0 heterocycles. The van der Waals surface area contributed by atoms with E-state index in [0.717, 1.165) is 0 Å². The molecule has 0 aromatic rings. The molecule has 1 N–H and O–H groups in total. The summed E-state index contributed by atoms with van der Waals surface area (Å²) in [4.78, 5) is 24.8. The van der Waals surface area contributed by atoms with Gasteiger partial charge in [-0.2, -0.15) is 0 Å². The van der Waals surface area contributed by atoms with Crippen molar-refractivity contribution in [3.05, 3.63) is 0 Å². The lowest BCUT2D eigenvalue weighted by Crippen LogP contribution is -2.38. The maximum atomic E-state index is 11.8. The van der Waals surface area contributed by atoms with Gasteiger partial charge in [-0.15, -0.1) is 0 Å². The third-order valence-corrected chi connectivity index (χ3v) is 2.99. The van der Waals surface area contributed by atoms with Gasteiger partial charge in [-0.05, 0) is 41.5 Å². The molecule has 0 unspecified atom stereocenters. The van der Waals surface area contributed by atoms with E-state index in [-0.39, 0.29) is 18.5 Å². The van der Waals surface area contributed by atoms with Crippen LogP contribution in [0.4, 0.5) is 4.79 Å². The molecule has 0 bridgehead atoms. The minimum Gasteiger partial charge on any atom is -0.460 e. The summed E-state index contributed by atoms with van der Waals surface area (Å²) in [5, 5.41) is 3.20. The molecule has 0 atom stereocenters. The molecule has 0 radical (unpaired) electrons. The summed E-state index contributed by atoms with van der Waals surface area (Å²) in [6.07, 6.45) is -0.0895. The van der Waals surface area contributed by atoms with Gasteiger partial charge in [0, 0.05) is 26.7 Å². The van der Waals surface area contributed by atoms with Crippen molar-refractivity contribution in [1.29, 1.82) is 0 Å². The van der Waals surface area contributed by atoms with Crippen molar-refractivity contribution < 1.29 is 28.5 Å². The minimum atomic E-state index is -0.485. The molecule has 0 aromatic carbocycles. The van der Waals surface area contributed by atoms with Crippen molar-refractivity contribution in [2.75, 3.05) is 53.1 Å². The highest BCUT2D eigenvalue weighted by Gasteiger charge is 2.19. The monoisotopic (exact) mass is 390 g/mol. The molecule has 8 nitrogen and oxygen atoms in total.